The van der Waals surface area contributed by atoms with E-state index in [2.05, 4.69) is 5.16 Å². The number of aryl methyl sites for hydroxylation is 2. The van der Waals surface area contributed by atoms with Gasteiger partial charge in [0.05, 0.1) is 18.1 Å². The van der Waals surface area contributed by atoms with Gasteiger partial charge < -0.3 is 14.2 Å². The number of sulfone groups is 1. The van der Waals surface area contributed by atoms with Crippen LogP contribution in [0, 0.1) is 13.8 Å². The molecular formula is C25H28N2O5S. The maximum Gasteiger partial charge on any atom is 0.276 e. The predicted octanol–water partition coefficient (Wildman–Crippen LogP) is 4.19. The van der Waals surface area contributed by atoms with Gasteiger partial charge in [0.25, 0.3) is 5.91 Å². The van der Waals surface area contributed by atoms with Crippen LogP contribution in [0.25, 0.3) is 11.3 Å². The summed E-state index contributed by atoms with van der Waals surface area (Å²) in [5.74, 6) is 0.943. The number of hydrogen-bond donors (Lipinski definition) is 0. The number of carbonyl (C=O) groups excluding carboxylic acids is 1. The lowest BCUT2D eigenvalue weighted by Gasteiger charge is -2.27. The molecule has 1 aliphatic rings. The predicted molar refractivity (Wildman–Crippen MR) is 126 cm³/mol. The molecule has 8 heteroatoms. The van der Waals surface area contributed by atoms with E-state index in [4.69, 9.17) is 9.26 Å². The molecule has 174 valence electrons. The standard InChI is InChI=1S/C25H28N2O5S/c1-4-31-22-9-6-19(7-10-22)15-27(21-11-12-33(29,30)16-21)25(28)23-14-24(32-26-23)20-8-5-17(2)18(3)13-20/h5-10,13-14,21H,4,11-12,15-16H2,1-3H3/t21-/m0/s1. The molecule has 2 aromatic carbocycles. The zero-order valence-electron chi connectivity index (χ0n) is 19.1. The summed E-state index contributed by atoms with van der Waals surface area (Å²) >= 11 is 0. The first-order valence-electron chi connectivity index (χ1n) is 11.0. The molecule has 1 aliphatic heterocycles. The van der Waals surface area contributed by atoms with Crippen molar-refractivity contribution >= 4 is 15.7 Å². The fourth-order valence-electron chi connectivity index (χ4n) is 4.00. The van der Waals surface area contributed by atoms with Crippen LogP contribution in [0.3, 0.4) is 0 Å². The number of nitrogens with zero attached hydrogens (tertiary/aromatic N) is 2. The van der Waals surface area contributed by atoms with Crippen molar-refractivity contribution in [1.29, 1.82) is 0 Å². The quantitative estimate of drug-likeness (QED) is 0.517. The second-order valence-corrected chi connectivity index (χ2v) is 10.7. The minimum Gasteiger partial charge on any atom is -0.494 e. The Morgan fingerprint density at radius 1 is 1.12 bits per heavy atom. The van der Waals surface area contributed by atoms with Crippen molar-refractivity contribution in [2.24, 2.45) is 0 Å². The Morgan fingerprint density at radius 3 is 2.52 bits per heavy atom. The van der Waals surface area contributed by atoms with E-state index in [-0.39, 0.29) is 29.7 Å². The van der Waals surface area contributed by atoms with Crippen LogP contribution in [0.2, 0.25) is 0 Å². The summed E-state index contributed by atoms with van der Waals surface area (Å²) in [5.41, 5.74) is 4.17. The summed E-state index contributed by atoms with van der Waals surface area (Å²) in [6.07, 6.45) is 0.410. The zero-order valence-corrected chi connectivity index (χ0v) is 19.9. The summed E-state index contributed by atoms with van der Waals surface area (Å²) < 4.78 is 35.2. The van der Waals surface area contributed by atoms with E-state index in [0.29, 0.717) is 18.8 Å². The lowest BCUT2D eigenvalue weighted by atomic mass is 10.0. The first kappa shape index (κ1) is 23.0. The minimum atomic E-state index is -3.17. The maximum atomic E-state index is 13.5. The van der Waals surface area contributed by atoms with Crippen molar-refractivity contribution in [1.82, 2.24) is 10.1 Å². The number of amides is 1. The van der Waals surface area contributed by atoms with Gasteiger partial charge in [0.2, 0.25) is 0 Å². The van der Waals surface area contributed by atoms with Gasteiger partial charge in [-0.25, -0.2) is 8.42 Å². The smallest absolute Gasteiger partial charge is 0.276 e. The molecular weight excluding hydrogens is 440 g/mol. The molecule has 0 radical (unpaired) electrons. The van der Waals surface area contributed by atoms with Gasteiger partial charge in [-0.15, -0.1) is 0 Å². The molecule has 33 heavy (non-hydrogen) atoms. The Morgan fingerprint density at radius 2 is 1.88 bits per heavy atom. The first-order chi connectivity index (χ1) is 15.8. The average Bonchev–Trinajstić information content (AvgIpc) is 3.41. The Labute approximate surface area is 194 Å². The molecule has 0 unspecified atom stereocenters. The van der Waals surface area contributed by atoms with E-state index >= 15 is 0 Å². The zero-order chi connectivity index (χ0) is 23.6. The highest BCUT2D eigenvalue weighted by Gasteiger charge is 2.36. The van der Waals surface area contributed by atoms with Gasteiger partial charge in [0.15, 0.2) is 21.3 Å². The van der Waals surface area contributed by atoms with Crippen LogP contribution in [0.4, 0.5) is 0 Å². The molecule has 2 heterocycles. The number of aromatic nitrogens is 1. The van der Waals surface area contributed by atoms with Crippen LogP contribution in [-0.2, 0) is 16.4 Å². The molecule has 0 saturated carbocycles. The maximum absolute atomic E-state index is 13.5. The molecule has 1 atom stereocenters. The van der Waals surface area contributed by atoms with E-state index in [1.54, 1.807) is 11.0 Å². The van der Waals surface area contributed by atoms with E-state index in [9.17, 15) is 13.2 Å². The molecule has 1 fully saturated rings. The topological polar surface area (TPSA) is 89.7 Å². The normalized spacial score (nSPS) is 17.1. The van der Waals surface area contributed by atoms with Gasteiger partial charge in [-0.05, 0) is 62.1 Å². The van der Waals surface area contributed by atoms with E-state index in [0.717, 1.165) is 22.4 Å². The Bertz CT molecular complexity index is 1250. The molecule has 1 aromatic heterocycles. The van der Waals surface area contributed by atoms with Crippen molar-refractivity contribution in [3.05, 3.63) is 70.9 Å². The molecule has 4 rings (SSSR count). The summed E-state index contributed by atoms with van der Waals surface area (Å²) in [7, 11) is -3.17. The highest BCUT2D eigenvalue weighted by atomic mass is 32.2. The largest absolute Gasteiger partial charge is 0.494 e. The van der Waals surface area contributed by atoms with Crippen LogP contribution in [0.15, 0.2) is 53.1 Å². The SMILES string of the molecule is CCOc1ccc(CN(C(=O)c2cc(-c3ccc(C)c(C)c3)on2)[C@H]2CCS(=O)(=O)C2)cc1. The fraction of sp³-hybridized carbons (Fsp3) is 0.360. The lowest BCUT2D eigenvalue weighted by Crippen LogP contribution is -2.40. The van der Waals surface area contributed by atoms with Crippen molar-refractivity contribution in [2.75, 3.05) is 18.1 Å². The van der Waals surface area contributed by atoms with Crippen LogP contribution in [0.1, 0.15) is 40.5 Å². The highest BCUT2D eigenvalue weighted by molar-refractivity contribution is 7.91. The number of ether oxygens (including phenoxy) is 1. The van der Waals surface area contributed by atoms with Crippen LogP contribution >= 0.6 is 0 Å². The van der Waals surface area contributed by atoms with E-state index in [1.807, 2.05) is 63.2 Å². The summed E-state index contributed by atoms with van der Waals surface area (Å²) in [4.78, 5) is 15.1. The molecule has 0 spiro atoms. The van der Waals surface area contributed by atoms with Gasteiger partial charge >= 0.3 is 0 Å². The number of carbonyl (C=O) groups is 1. The van der Waals surface area contributed by atoms with Crippen molar-refractivity contribution < 1.29 is 22.5 Å². The molecule has 7 nitrogen and oxygen atoms in total. The van der Waals surface area contributed by atoms with Crippen LogP contribution < -0.4 is 4.74 Å². The van der Waals surface area contributed by atoms with Crippen LogP contribution in [0.5, 0.6) is 5.75 Å². The highest BCUT2D eigenvalue weighted by Crippen LogP contribution is 2.26. The van der Waals surface area contributed by atoms with Crippen molar-refractivity contribution in [3.63, 3.8) is 0 Å². The minimum absolute atomic E-state index is 0.0440. The van der Waals surface area contributed by atoms with E-state index in [1.165, 1.54) is 5.56 Å². The average molecular weight is 469 g/mol. The fourth-order valence-corrected chi connectivity index (χ4v) is 5.73. The molecule has 0 bridgehead atoms. The number of rotatable bonds is 7. The summed E-state index contributed by atoms with van der Waals surface area (Å²) in [6.45, 7) is 6.80. The Hall–Kier alpha value is -3.13. The van der Waals surface area contributed by atoms with Gasteiger partial charge in [0.1, 0.15) is 5.75 Å². The molecule has 1 amide bonds. The van der Waals surface area contributed by atoms with Gasteiger partial charge in [-0.2, -0.15) is 0 Å². The van der Waals surface area contributed by atoms with Crippen LogP contribution in [-0.4, -0.2) is 48.5 Å². The van der Waals surface area contributed by atoms with Crippen molar-refractivity contribution in [3.8, 4) is 17.1 Å². The third-order valence-electron chi connectivity index (χ3n) is 6.02. The first-order valence-corrected chi connectivity index (χ1v) is 12.9. The van der Waals surface area contributed by atoms with E-state index < -0.39 is 15.9 Å². The lowest BCUT2D eigenvalue weighted by molar-refractivity contribution is 0.0670. The Kier molecular flexibility index (Phi) is 6.56. The van der Waals surface area contributed by atoms with Gasteiger partial charge in [-0.1, -0.05) is 29.4 Å². The molecule has 0 aliphatic carbocycles. The summed E-state index contributed by atoms with van der Waals surface area (Å²) in [6, 6.07) is 14.6. The summed E-state index contributed by atoms with van der Waals surface area (Å²) in [5, 5.41) is 4.02. The molecule has 1 saturated heterocycles. The van der Waals surface area contributed by atoms with Gasteiger partial charge in [-0.3, -0.25) is 4.79 Å². The van der Waals surface area contributed by atoms with Crippen molar-refractivity contribution in [2.45, 2.75) is 39.8 Å². The molecule has 0 N–H and O–H groups in total. The van der Waals surface area contributed by atoms with Gasteiger partial charge in [0, 0.05) is 24.2 Å². The second kappa shape index (κ2) is 9.39. The third kappa shape index (κ3) is 5.27. The number of hydrogen-bond acceptors (Lipinski definition) is 6. The molecule has 3 aromatic rings. The Balaban J connectivity index is 1.60. The number of benzene rings is 2. The third-order valence-corrected chi connectivity index (χ3v) is 7.77. The monoisotopic (exact) mass is 468 g/mol. The second-order valence-electron chi connectivity index (χ2n) is 8.44.